The van der Waals surface area contributed by atoms with Crippen molar-refractivity contribution in [2.24, 2.45) is 5.92 Å². The predicted molar refractivity (Wildman–Crippen MR) is 171 cm³/mol. The highest BCUT2D eigenvalue weighted by molar-refractivity contribution is 6.13. The normalized spacial score (nSPS) is 19.2. The van der Waals surface area contributed by atoms with Gasteiger partial charge in [0.2, 0.25) is 0 Å². The summed E-state index contributed by atoms with van der Waals surface area (Å²) in [6.45, 7) is 5.82. The highest BCUT2D eigenvalue weighted by Crippen LogP contribution is 2.50. The van der Waals surface area contributed by atoms with Crippen LogP contribution in [0, 0.1) is 5.92 Å². The quantitative estimate of drug-likeness (QED) is 0.203. The number of dihydropyridines is 1. The Kier molecular flexibility index (Phi) is 10.1. The number of hydrogen-bond acceptors (Lipinski definition) is 9. The van der Waals surface area contributed by atoms with E-state index in [9.17, 15) is 14.4 Å². The number of nitrogens with one attached hydrogen (secondary N) is 1. The third kappa shape index (κ3) is 6.36. The molecule has 9 heteroatoms. The van der Waals surface area contributed by atoms with Gasteiger partial charge in [-0.05, 0) is 62.1 Å². The van der Waals surface area contributed by atoms with Crippen LogP contribution in [0.1, 0.15) is 55.7 Å². The molecule has 9 nitrogen and oxygen atoms in total. The molecule has 1 heterocycles. The van der Waals surface area contributed by atoms with Gasteiger partial charge in [0, 0.05) is 28.8 Å². The average Bonchev–Trinajstić information content (AvgIpc) is 3.07. The van der Waals surface area contributed by atoms with Crippen molar-refractivity contribution >= 4 is 17.7 Å². The van der Waals surface area contributed by atoms with Crippen molar-refractivity contribution < 1.29 is 38.1 Å². The minimum absolute atomic E-state index is 0.115. The molecule has 0 radical (unpaired) electrons. The van der Waals surface area contributed by atoms with E-state index in [1.54, 1.807) is 46.1 Å². The first-order chi connectivity index (χ1) is 22.3. The van der Waals surface area contributed by atoms with Crippen LogP contribution < -0.4 is 19.5 Å². The summed E-state index contributed by atoms with van der Waals surface area (Å²) in [6.07, 6.45) is 0.310. The minimum atomic E-state index is -1.16. The molecule has 1 N–H and O–H groups in total. The molecule has 3 aromatic carbocycles. The van der Waals surface area contributed by atoms with Gasteiger partial charge in [-0.3, -0.25) is 9.59 Å². The Labute approximate surface area is 269 Å². The average molecular weight is 626 g/mol. The lowest BCUT2D eigenvalue weighted by Crippen LogP contribution is -2.43. The molecule has 240 valence electrons. The number of Topliss-reactive ketones (excluding diaryl/α,β-unsaturated/α-hetero) is 1. The summed E-state index contributed by atoms with van der Waals surface area (Å²) in [5.74, 6) is -2.65. The van der Waals surface area contributed by atoms with E-state index in [0.717, 1.165) is 11.1 Å². The summed E-state index contributed by atoms with van der Waals surface area (Å²) in [7, 11) is 3.09. The van der Waals surface area contributed by atoms with Gasteiger partial charge in [-0.1, -0.05) is 54.6 Å². The smallest absolute Gasteiger partial charge is 0.336 e. The van der Waals surface area contributed by atoms with Crippen LogP contribution in [0.25, 0.3) is 0 Å². The summed E-state index contributed by atoms with van der Waals surface area (Å²) < 4.78 is 28.4. The Bertz CT molecular complexity index is 1680. The standard InChI is InChI=1S/C37H39NO8/c1-6-44-36(40)31-22(3)38-27-20-26(25-15-11-12-16-28(25)42-4)33(37(41)45-7-2)35(39)34(27)32(31)24-17-18-29(30(19-24)43-5)46-21-23-13-9-8-10-14-23/h8-19,26,32-33,38H,6-7,20-21H2,1-5H3/t26-,32+,33+/m0/s1. The van der Waals surface area contributed by atoms with Crippen molar-refractivity contribution in [1.29, 1.82) is 0 Å². The van der Waals surface area contributed by atoms with Crippen molar-refractivity contribution in [2.75, 3.05) is 27.4 Å². The maximum absolute atomic E-state index is 14.7. The van der Waals surface area contributed by atoms with Gasteiger partial charge < -0.3 is 29.0 Å². The second-order valence-electron chi connectivity index (χ2n) is 11.0. The molecule has 0 amide bonds. The molecule has 46 heavy (non-hydrogen) atoms. The third-order valence-corrected chi connectivity index (χ3v) is 8.35. The number of benzene rings is 3. The first kappa shape index (κ1) is 32.3. The van der Waals surface area contributed by atoms with E-state index in [4.69, 9.17) is 23.7 Å². The number of carbonyl (C=O) groups excluding carboxylic acids is 3. The molecular formula is C37H39NO8. The van der Waals surface area contributed by atoms with Crippen LogP contribution in [0.15, 0.2) is 95.3 Å². The number of allylic oxidation sites excluding steroid dienone is 3. The monoisotopic (exact) mass is 625 g/mol. The number of ether oxygens (including phenoxy) is 5. The summed E-state index contributed by atoms with van der Waals surface area (Å²) in [5.41, 5.74) is 4.12. The molecule has 0 saturated heterocycles. The van der Waals surface area contributed by atoms with Crippen molar-refractivity contribution in [2.45, 2.75) is 45.6 Å². The molecule has 0 saturated carbocycles. The molecular weight excluding hydrogens is 586 g/mol. The number of methoxy groups -OCH3 is 2. The van der Waals surface area contributed by atoms with Gasteiger partial charge in [0.25, 0.3) is 0 Å². The van der Waals surface area contributed by atoms with Gasteiger partial charge in [0.05, 0.1) is 33.0 Å². The van der Waals surface area contributed by atoms with Crippen LogP contribution in [0.5, 0.6) is 17.2 Å². The van der Waals surface area contributed by atoms with Crippen molar-refractivity contribution in [3.05, 3.63) is 112 Å². The molecule has 0 aromatic heterocycles. The zero-order valence-corrected chi connectivity index (χ0v) is 26.8. The fraction of sp³-hybridized carbons (Fsp3) is 0.324. The predicted octanol–water partition coefficient (Wildman–Crippen LogP) is 6.00. The largest absolute Gasteiger partial charge is 0.496 e. The number of para-hydroxylation sites is 1. The second kappa shape index (κ2) is 14.4. The third-order valence-electron chi connectivity index (χ3n) is 8.35. The van der Waals surface area contributed by atoms with E-state index in [1.165, 1.54) is 7.11 Å². The Morgan fingerprint density at radius 3 is 2.24 bits per heavy atom. The molecule has 3 atom stereocenters. The van der Waals surface area contributed by atoms with Gasteiger partial charge in [-0.25, -0.2) is 4.79 Å². The minimum Gasteiger partial charge on any atom is -0.496 e. The number of rotatable bonds is 11. The van der Waals surface area contributed by atoms with Crippen LogP contribution in [-0.4, -0.2) is 45.2 Å². The molecule has 2 aliphatic rings. The molecule has 0 fully saturated rings. The first-order valence-corrected chi connectivity index (χ1v) is 15.4. The number of carbonyl (C=O) groups is 3. The van der Waals surface area contributed by atoms with E-state index in [2.05, 4.69) is 5.32 Å². The van der Waals surface area contributed by atoms with Crippen LogP contribution in [0.3, 0.4) is 0 Å². The highest BCUT2D eigenvalue weighted by Gasteiger charge is 2.49. The number of esters is 2. The Hall–Kier alpha value is -5.05. The van der Waals surface area contributed by atoms with Gasteiger partial charge in [-0.15, -0.1) is 0 Å². The van der Waals surface area contributed by atoms with E-state index in [0.29, 0.717) is 52.8 Å². The Morgan fingerprint density at radius 2 is 1.54 bits per heavy atom. The summed E-state index contributed by atoms with van der Waals surface area (Å²) in [6, 6.07) is 22.5. The fourth-order valence-corrected chi connectivity index (χ4v) is 6.33. The zero-order chi connectivity index (χ0) is 32.8. The number of ketones is 1. The van der Waals surface area contributed by atoms with Crippen molar-refractivity contribution in [1.82, 2.24) is 5.32 Å². The lowest BCUT2D eigenvalue weighted by atomic mass is 9.67. The van der Waals surface area contributed by atoms with Crippen LogP contribution >= 0.6 is 0 Å². The molecule has 0 spiro atoms. The zero-order valence-electron chi connectivity index (χ0n) is 26.8. The maximum Gasteiger partial charge on any atom is 0.336 e. The first-order valence-electron chi connectivity index (χ1n) is 15.4. The van der Waals surface area contributed by atoms with E-state index in [-0.39, 0.29) is 18.8 Å². The summed E-state index contributed by atoms with van der Waals surface area (Å²) in [5, 5.41) is 3.33. The van der Waals surface area contributed by atoms with Gasteiger partial charge in [0.15, 0.2) is 17.3 Å². The lowest BCUT2D eigenvalue weighted by Gasteiger charge is -2.39. The molecule has 5 rings (SSSR count). The van der Waals surface area contributed by atoms with Crippen LogP contribution in [0.4, 0.5) is 0 Å². The summed E-state index contributed by atoms with van der Waals surface area (Å²) in [4.78, 5) is 41.8. The maximum atomic E-state index is 14.7. The molecule has 0 bridgehead atoms. The van der Waals surface area contributed by atoms with Gasteiger partial charge >= 0.3 is 11.9 Å². The van der Waals surface area contributed by atoms with Crippen molar-refractivity contribution in [3.63, 3.8) is 0 Å². The van der Waals surface area contributed by atoms with E-state index in [1.807, 2.05) is 54.6 Å². The van der Waals surface area contributed by atoms with Crippen molar-refractivity contribution in [3.8, 4) is 17.2 Å². The lowest BCUT2D eigenvalue weighted by molar-refractivity contribution is -0.152. The van der Waals surface area contributed by atoms with Gasteiger partial charge in [-0.2, -0.15) is 0 Å². The molecule has 1 aliphatic carbocycles. The van der Waals surface area contributed by atoms with E-state index >= 15 is 0 Å². The van der Waals surface area contributed by atoms with Crippen LogP contribution in [-0.2, 0) is 30.5 Å². The SMILES string of the molecule is CCOC(=O)C1=C(C)NC2=C(C(=O)[C@H](C(=O)OCC)[C@H](c3ccccc3OC)C2)[C@@H]1c1ccc(OCc2ccccc2)c(OC)c1. The summed E-state index contributed by atoms with van der Waals surface area (Å²) >= 11 is 0. The topological polar surface area (TPSA) is 109 Å². The molecule has 3 aromatic rings. The molecule has 1 aliphatic heterocycles. The van der Waals surface area contributed by atoms with Gasteiger partial charge in [0.1, 0.15) is 18.3 Å². The second-order valence-corrected chi connectivity index (χ2v) is 11.0. The molecule has 0 unspecified atom stereocenters. The highest BCUT2D eigenvalue weighted by atomic mass is 16.5. The Balaban J connectivity index is 1.63. The Morgan fingerprint density at radius 1 is 0.848 bits per heavy atom. The van der Waals surface area contributed by atoms with Crippen LogP contribution in [0.2, 0.25) is 0 Å². The van der Waals surface area contributed by atoms with E-state index < -0.39 is 35.5 Å². The number of hydrogen-bond donors (Lipinski definition) is 1. The fourth-order valence-electron chi connectivity index (χ4n) is 6.33.